The fourth-order valence-electron chi connectivity index (χ4n) is 3.27. The van der Waals surface area contributed by atoms with Crippen molar-refractivity contribution < 1.29 is 4.74 Å². The van der Waals surface area contributed by atoms with Crippen LogP contribution in [0.25, 0.3) is 10.2 Å². The highest BCUT2D eigenvalue weighted by molar-refractivity contribution is 7.98. The molecule has 1 aliphatic rings. The van der Waals surface area contributed by atoms with Crippen LogP contribution in [0.2, 0.25) is 0 Å². The van der Waals surface area contributed by atoms with Crippen LogP contribution in [0.1, 0.15) is 29.9 Å². The van der Waals surface area contributed by atoms with Crippen LogP contribution in [0.3, 0.4) is 0 Å². The van der Waals surface area contributed by atoms with Gasteiger partial charge in [-0.15, -0.1) is 11.3 Å². The topological polar surface area (TPSA) is 44.1 Å². The molecule has 2 aromatic heterocycles. The summed E-state index contributed by atoms with van der Waals surface area (Å²) in [4.78, 5) is 20.1. The number of rotatable bonds is 3. The van der Waals surface area contributed by atoms with Gasteiger partial charge in [-0.3, -0.25) is 9.36 Å². The second-order valence-electron chi connectivity index (χ2n) is 6.88. The average molecular weight is 373 g/mol. The molecular weight excluding hydrogens is 352 g/mol. The number of thioether (sulfide) groups is 1. The highest BCUT2D eigenvalue weighted by Gasteiger charge is 2.31. The van der Waals surface area contributed by atoms with E-state index in [1.807, 2.05) is 36.6 Å². The van der Waals surface area contributed by atoms with Crippen LogP contribution in [0, 0.1) is 0 Å². The van der Waals surface area contributed by atoms with E-state index in [4.69, 9.17) is 9.72 Å². The lowest BCUT2D eigenvalue weighted by atomic mass is 9.94. The summed E-state index contributed by atoms with van der Waals surface area (Å²) in [6.07, 6.45) is 2.72. The van der Waals surface area contributed by atoms with E-state index in [1.165, 1.54) is 11.8 Å². The summed E-state index contributed by atoms with van der Waals surface area (Å²) in [5, 5.41) is 1.55. The zero-order valence-electron chi connectivity index (χ0n) is 14.5. The third-order valence-electron chi connectivity index (χ3n) is 4.52. The fraction of sp³-hybridized carbons (Fsp3) is 0.368. The normalized spacial score (nSPS) is 16.1. The molecule has 130 valence electrons. The Morgan fingerprint density at radius 2 is 2.08 bits per heavy atom. The second-order valence-corrected chi connectivity index (χ2v) is 8.74. The van der Waals surface area contributed by atoms with Crippen LogP contribution in [-0.2, 0) is 24.3 Å². The molecule has 4 rings (SSSR count). The molecule has 0 spiro atoms. The van der Waals surface area contributed by atoms with Gasteiger partial charge in [0.2, 0.25) is 0 Å². The van der Waals surface area contributed by atoms with Gasteiger partial charge in [0.1, 0.15) is 4.83 Å². The number of aromatic nitrogens is 2. The van der Waals surface area contributed by atoms with Crippen molar-refractivity contribution in [3.05, 3.63) is 56.7 Å². The minimum Gasteiger partial charge on any atom is -0.370 e. The van der Waals surface area contributed by atoms with Crippen LogP contribution in [0.4, 0.5) is 0 Å². The summed E-state index contributed by atoms with van der Waals surface area (Å²) in [5.41, 5.74) is 2.06. The average Bonchev–Trinajstić information content (AvgIpc) is 2.94. The smallest absolute Gasteiger partial charge is 0.263 e. The van der Waals surface area contributed by atoms with Gasteiger partial charge in [-0.1, -0.05) is 42.1 Å². The number of ether oxygens (including phenoxy) is 1. The minimum absolute atomic E-state index is 0.0633. The van der Waals surface area contributed by atoms with E-state index in [0.29, 0.717) is 13.2 Å². The van der Waals surface area contributed by atoms with Crippen molar-refractivity contribution >= 4 is 33.3 Å². The van der Waals surface area contributed by atoms with Gasteiger partial charge in [0.15, 0.2) is 5.16 Å². The molecule has 4 nitrogen and oxygen atoms in total. The Balaban J connectivity index is 1.91. The predicted octanol–water partition coefficient (Wildman–Crippen LogP) is 4.08. The molecule has 0 unspecified atom stereocenters. The molecule has 1 aromatic carbocycles. The Morgan fingerprint density at radius 1 is 1.32 bits per heavy atom. The van der Waals surface area contributed by atoms with Gasteiger partial charge in [0.25, 0.3) is 5.56 Å². The molecule has 0 amide bonds. The van der Waals surface area contributed by atoms with Gasteiger partial charge in [0, 0.05) is 11.3 Å². The van der Waals surface area contributed by atoms with Crippen molar-refractivity contribution in [1.82, 2.24) is 9.55 Å². The Hall–Kier alpha value is -1.63. The van der Waals surface area contributed by atoms with E-state index in [9.17, 15) is 4.79 Å². The van der Waals surface area contributed by atoms with Gasteiger partial charge in [0.05, 0.1) is 24.1 Å². The maximum Gasteiger partial charge on any atom is 0.263 e. The van der Waals surface area contributed by atoms with Crippen LogP contribution < -0.4 is 5.56 Å². The van der Waals surface area contributed by atoms with Crippen molar-refractivity contribution in [1.29, 1.82) is 0 Å². The highest BCUT2D eigenvalue weighted by Crippen LogP contribution is 2.37. The first kappa shape index (κ1) is 16.8. The van der Waals surface area contributed by atoms with Crippen molar-refractivity contribution in [2.45, 2.75) is 44.2 Å². The van der Waals surface area contributed by atoms with E-state index in [1.54, 1.807) is 15.9 Å². The maximum atomic E-state index is 13.3. The van der Waals surface area contributed by atoms with Gasteiger partial charge in [-0.25, -0.2) is 4.98 Å². The number of fused-ring (bicyclic) bond motifs is 3. The maximum absolute atomic E-state index is 13.3. The Morgan fingerprint density at radius 3 is 2.80 bits per heavy atom. The first-order valence-corrected chi connectivity index (χ1v) is 10.3. The van der Waals surface area contributed by atoms with Gasteiger partial charge in [-0.2, -0.15) is 0 Å². The SMILES string of the molecule is CSc1nc2sc3c(c2c(=O)n1Cc1ccccc1)CC(C)(C)OC3. The summed E-state index contributed by atoms with van der Waals surface area (Å²) in [6.45, 7) is 5.26. The summed E-state index contributed by atoms with van der Waals surface area (Å²) < 4.78 is 7.72. The standard InChI is InChI=1S/C19H20N2O2S2/c1-19(2)9-13-14(11-23-19)25-16-15(13)17(22)21(18(20-16)24-3)10-12-7-5-4-6-8-12/h4-8H,9-11H2,1-3H3. The van der Waals surface area contributed by atoms with E-state index < -0.39 is 0 Å². The van der Waals surface area contributed by atoms with Gasteiger partial charge in [-0.05, 0) is 31.2 Å². The molecule has 25 heavy (non-hydrogen) atoms. The first-order valence-electron chi connectivity index (χ1n) is 8.25. The van der Waals surface area contributed by atoms with Crippen molar-refractivity contribution in [3.63, 3.8) is 0 Å². The number of benzene rings is 1. The van der Waals surface area contributed by atoms with Crippen LogP contribution in [0.15, 0.2) is 40.3 Å². The van der Waals surface area contributed by atoms with Crippen molar-refractivity contribution in [2.75, 3.05) is 6.26 Å². The van der Waals surface area contributed by atoms with E-state index >= 15 is 0 Å². The third kappa shape index (κ3) is 3.03. The number of thiophene rings is 1. The molecule has 0 aliphatic carbocycles. The molecule has 1 aliphatic heterocycles. The predicted molar refractivity (Wildman–Crippen MR) is 104 cm³/mol. The Kier molecular flexibility index (Phi) is 4.22. The van der Waals surface area contributed by atoms with Crippen LogP contribution >= 0.6 is 23.1 Å². The number of nitrogens with zero attached hydrogens (tertiary/aromatic N) is 2. The zero-order valence-corrected chi connectivity index (χ0v) is 16.2. The highest BCUT2D eigenvalue weighted by atomic mass is 32.2. The molecule has 0 saturated carbocycles. The van der Waals surface area contributed by atoms with E-state index in [2.05, 4.69) is 13.8 Å². The molecule has 0 atom stereocenters. The van der Waals surface area contributed by atoms with Gasteiger partial charge >= 0.3 is 0 Å². The lowest BCUT2D eigenvalue weighted by molar-refractivity contribution is -0.0379. The van der Waals surface area contributed by atoms with Gasteiger partial charge < -0.3 is 4.74 Å². The monoisotopic (exact) mass is 372 g/mol. The second kappa shape index (κ2) is 6.27. The Bertz CT molecular complexity index is 990. The molecule has 3 heterocycles. The zero-order chi connectivity index (χ0) is 17.6. The largest absolute Gasteiger partial charge is 0.370 e. The third-order valence-corrected chi connectivity index (χ3v) is 6.30. The molecule has 6 heteroatoms. The lowest BCUT2D eigenvalue weighted by Crippen LogP contribution is -2.32. The van der Waals surface area contributed by atoms with E-state index in [0.717, 1.165) is 37.8 Å². The van der Waals surface area contributed by atoms with Crippen LogP contribution in [0.5, 0.6) is 0 Å². The molecule has 0 N–H and O–H groups in total. The fourth-order valence-corrected chi connectivity index (χ4v) is 4.97. The molecule has 0 radical (unpaired) electrons. The lowest BCUT2D eigenvalue weighted by Gasteiger charge is -2.29. The summed E-state index contributed by atoms with van der Waals surface area (Å²) in [5.74, 6) is 0. The molecular formula is C19H20N2O2S2. The molecule has 3 aromatic rings. The number of hydrogen-bond donors (Lipinski definition) is 0. The summed E-state index contributed by atoms with van der Waals surface area (Å²) >= 11 is 3.11. The molecule has 0 bridgehead atoms. The summed E-state index contributed by atoms with van der Waals surface area (Å²) in [6, 6.07) is 10.1. The quantitative estimate of drug-likeness (QED) is 0.513. The summed E-state index contributed by atoms with van der Waals surface area (Å²) in [7, 11) is 0. The Labute approximate surface area is 154 Å². The molecule has 0 saturated heterocycles. The molecule has 0 fully saturated rings. The minimum atomic E-state index is -0.240. The number of hydrogen-bond acceptors (Lipinski definition) is 5. The van der Waals surface area contributed by atoms with Crippen molar-refractivity contribution in [2.24, 2.45) is 0 Å². The van der Waals surface area contributed by atoms with Crippen molar-refractivity contribution in [3.8, 4) is 0 Å². The van der Waals surface area contributed by atoms with Crippen LogP contribution in [-0.4, -0.2) is 21.4 Å². The van der Waals surface area contributed by atoms with E-state index in [-0.39, 0.29) is 11.2 Å². The first-order chi connectivity index (χ1) is 12.0.